The van der Waals surface area contributed by atoms with E-state index < -0.39 is 42.5 Å². The molecule has 0 radical (unpaired) electrons. The molecular weight excluding hydrogens is 328 g/mol. The van der Waals surface area contributed by atoms with Crippen molar-refractivity contribution in [2.75, 3.05) is 0 Å². The Morgan fingerprint density at radius 2 is 0.870 bits per heavy atom. The summed E-state index contributed by atoms with van der Waals surface area (Å²) in [6.07, 6.45) is 0. The second-order valence-corrected chi connectivity index (χ2v) is 3.55. The molecule has 0 aromatic carbocycles. The Kier molecular flexibility index (Phi) is 15.0. The summed E-state index contributed by atoms with van der Waals surface area (Å²) in [5.74, 6) is -7.96. The van der Waals surface area contributed by atoms with Crippen LogP contribution in [-0.2, 0) is 19.2 Å². The Balaban J connectivity index is -0.000000124. The van der Waals surface area contributed by atoms with Crippen molar-refractivity contribution in [3.8, 4) is 0 Å². The first-order valence-corrected chi connectivity index (χ1v) is 4.84. The van der Waals surface area contributed by atoms with Crippen LogP contribution in [0.2, 0.25) is 0 Å². The molecule has 0 aliphatic carbocycles. The van der Waals surface area contributed by atoms with Crippen LogP contribution in [0.15, 0.2) is 0 Å². The van der Waals surface area contributed by atoms with Gasteiger partial charge in [0.15, 0.2) is 0 Å². The molecule has 128 valence electrons. The van der Waals surface area contributed by atoms with Crippen molar-refractivity contribution in [1.29, 1.82) is 0 Å². The molecule has 23 heavy (non-hydrogen) atoms. The van der Waals surface area contributed by atoms with Gasteiger partial charge in [-0.3, -0.25) is 0 Å². The third-order valence-corrected chi connectivity index (χ3v) is 1.61. The molecule has 0 aliphatic heterocycles. The number of halogens is 2. The van der Waals surface area contributed by atoms with E-state index in [4.69, 9.17) is 35.5 Å². The molecule has 0 aromatic heterocycles. The number of aliphatic carboxylic acids is 4. The first-order chi connectivity index (χ1) is 9.51. The number of rotatable bonds is 4. The summed E-state index contributed by atoms with van der Waals surface area (Å²) in [7, 11) is -2.42. The topological polar surface area (TPSA) is 213 Å². The quantitative estimate of drug-likeness (QED) is 0.209. The standard InChI is InChI=1S/2C4H5FO4.BH2O3.Li/c2*1-4(5,2(6)7)3(8)9;2-1(3)4;/h2*1H3,(H,6,7)(H,8,9);2-3H;/q;;-1;+1. The summed E-state index contributed by atoms with van der Waals surface area (Å²) in [6, 6.07) is 0. The van der Waals surface area contributed by atoms with E-state index in [-0.39, 0.29) is 18.9 Å². The van der Waals surface area contributed by atoms with Crippen molar-refractivity contribution >= 4 is 31.2 Å². The molecule has 11 nitrogen and oxygen atoms in total. The maximum absolute atomic E-state index is 12.1. The van der Waals surface area contributed by atoms with E-state index in [1.807, 2.05) is 0 Å². The predicted octanol–water partition coefficient (Wildman–Crippen LogP) is -5.91. The Morgan fingerprint density at radius 1 is 0.783 bits per heavy atom. The van der Waals surface area contributed by atoms with Gasteiger partial charge < -0.3 is 35.5 Å². The maximum Gasteiger partial charge on any atom is 1.00 e. The van der Waals surface area contributed by atoms with Crippen LogP contribution in [0.5, 0.6) is 0 Å². The fraction of sp³-hybridized carbons (Fsp3) is 0.500. The molecule has 0 atom stereocenters. The smallest absolute Gasteiger partial charge is 0.832 e. The van der Waals surface area contributed by atoms with Gasteiger partial charge >= 0.3 is 50.1 Å². The first-order valence-electron chi connectivity index (χ1n) is 4.84. The third-order valence-electron chi connectivity index (χ3n) is 1.61. The van der Waals surface area contributed by atoms with Crippen molar-refractivity contribution in [3.63, 3.8) is 0 Å². The Bertz CT molecular complexity index is 355. The van der Waals surface area contributed by atoms with E-state index in [2.05, 4.69) is 0 Å². The summed E-state index contributed by atoms with van der Waals surface area (Å²) >= 11 is 0. The number of hydrogen-bond donors (Lipinski definition) is 6. The van der Waals surface area contributed by atoms with Crippen LogP contribution in [-0.4, -0.2) is 73.0 Å². The summed E-state index contributed by atoms with van der Waals surface area (Å²) < 4.78 is 24.3. The summed E-state index contributed by atoms with van der Waals surface area (Å²) in [4.78, 5) is 38.8. The van der Waals surface area contributed by atoms with Gasteiger partial charge in [0.05, 0.1) is 0 Å². The summed E-state index contributed by atoms with van der Waals surface area (Å²) in [5.41, 5.74) is -6.33. The second kappa shape index (κ2) is 11.8. The molecule has 0 heterocycles. The van der Waals surface area contributed by atoms with Crippen LogP contribution >= 0.6 is 0 Å². The van der Waals surface area contributed by atoms with Crippen LogP contribution in [0.3, 0.4) is 0 Å². The summed E-state index contributed by atoms with van der Waals surface area (Å²) in [6.45, 7) is 0.940. The van der Waals surface area contributed by atoms with Gasteiger partial charge in [-0.2, -0.15) is 0 Å². The van der Waals surface area contributed by atoms with Crippen LogP contribution in [0, 0.1) is 0 Å². The molecule has 0 fully saturated rings. The SMILES string of the molecule is CC(F)(C(=O)O)C(=O)O.CC(F)(C(=O)O)C(=O)O.[Li+].[O-]B(O)O. The van der Waals surface area contributed by atoms with Gasteiger partial charge in [0, 0.05) is 0 Å². The van der Waals surface area contributed by atoms with E-state index in [1.54, 1.807) is 0 Å². The number of carboxylic acids is 4. The average Bonchev–Trinajstić information content (AvgIpc) is 2.27. The van der Waals surface area contributed by atoms with Crippen LogP contribution < -0.4 is 23.9 Å². The molecule has 0 saturated carbocycles. The van der Waals surface area contributed by atoms with E-state index in [0.29, 0.717) is 13.8 Å². The molecule has 15 heteroatoms. The number of alkyl halides is 2. The number of hydrogen-bond acceptors (Lipinski definition) is 7. The minimum Gasteiger partial charge on any atom is -0.832 e. The van der Waals surface area contributed by atoms with Gasteiger partial charge in [0.2, 0.25) is 0 Å². The summed E-state index contributed by atoms with van der Waals surface area (Å²) in [5, 5.41) is 54.2. The first kappa shape index (κ1) is 29.3. The average molecular weight is 340 g/mol. The van der Waals surface area contributed by atoms with Gasteiger partial charge in [0.1, 0.15) is 0 Å². The molecule has 0 bridgehead atoms. The molecule has 0 amide bonds. The zero-order valence-electron chi connectivity index (χ0n) is 12.1. The van der Waals surface area contributed by atoms with Crippen molar-refractivity contribution in [2.24, 2.45) is 0 Å². The molecule has 0 spiro atoms. The zero-order valence-corrected chi connectivity index (χ0v) is 12.1. The molecule has 0 aliphatic rings. The maximum atomic E-state index is 12.1. The molecule has 0 aromatic rings. The Morgan fingerprint density at radius 3 is 0.870 bits per heavy atom. The molecule has 0 rings (SSSR count). The second-order valence-electron chi connectivity index (χ2n) is 3.55. The number of carboxylic acid groups (broad SMARTS) is 4. The van der Waals surface area contributed by atoms with Crippen LogP contribution in [0.4, 0.5) is 8.78 Å². The van der Waals surface area contributed by atoms with Crippen LogP contribution in [0.25, 0.3) is 0 Å². The van der Waals surface area contributed by atoms with E-state index in [1.165, 1.54) is 0 Å². The van der Waals surface area contributed by atoms with Gasteiger partial charge in [-0.25, -0.2) is 28.0 Å². The molecule has 6 N–H and O–H groups in total. The fourth-order valence-electron chi connectivity index (χ4n) is 0.183. The van der Waals surface area contributed by atoms with Crippen molar-refractivity contribution in [1.82, 2.24) is 0 Å². The van der Waals surface area contributed by atoms with E-state index in [9.17, 15) is 28.0 Å². The fourth-order valence-corrected chi connectivity index (χ4v) is 0.183. The van der Waals surface area contributed by atoms with Crippen molar-refractivity contribution < 1.29 is 82.3 Å². The Hall–Kier alpha value is -1.72. The largest absolute Gasteiger partial charge is 1.00 e. The minimum absolute atomic E-state index is 0. The van der Waals surface area contributed by atoms with Crippen molar-refractivity contribution in [2.45, 2.75) is 25.2 Å². The monoisotopic (exact) mass is 340 g/mol. The Labute approximate surface area is 139 Å². The molecule has 0 saturated heterocycles. The third kappa shape index (κ3) is 13.7. The molecule has 0 unspecified atom stereocenters. The predicted molar refractivity (Wildman–Crippen MR) is 59.8 cm³/mol. The van der Waals surface area contributed by atoms with Crippen LogP contribution in [0.1, 0.15) is 13.8 Å². The van der Waals surface area contributed by atoms with Crippen molar-refractivity contribution in [3.05, 3.63) is 0 Å². The van der Waals surface area contributed by atoms with Gasteiger partial charge in [-0.1, -0.05) is 0 Å². The molecular formula is C8H12BF2LiO11. The zero-order chi connectivity index (χ0) is 18.9. The normalized spacial score (nSPS) is 9.70. The van der Waals surface area contributed by atoms with Gasteiger partial charge in [-0.15, -0.1) is 0 Å². The minimum atomic E-state index is -3.17. The van der Waals surface area contributed by atoms with Gasteiger partial charge in [-0.05, 0) is 13.8 Å². The number of carbonyl (C=O) groups is 4. The van der Waals surface area contributed by atoms with E-state index in [0.717, 1.165) is 0 Å². The van der Waals surface area contributed by atoms with Gasteiger partial charge in [0.25, 0.3) is 11.3 Å². The van der Waals surface area contributed by atoms with E-state index >= 15 is 0 Å².